The summed E-state index contributed by atoms with van der Waals surface area (Å²) >= 11 is 0. The second-order valence-corrected chi connectivity index (χ2v) is 2.76. The predicted octanol–water partition coefficient (Wildman–Crippen LogP) is 0.105. The van der Waals surface area contributed by atoms with Crippen LogP contribution in [0.1, 0.15) is 0 Å². The van der Waals surface area contributed by atoms with Crippen molar-refractivity contribution in [2.75, 3.05) is 33.2 Å². The molecule has 1 aliphatic heterocycles. The zero-order valence-corrected chi connectivity index (χ0v) is 6.36. The van der Waals surface area contributed by atoms with E-state index in [1.807, 2.05) is 11.9 Å². The van der Waals surface area contributed by atoms with E-state index in [1.54, 1.807) is 0 Å². The predicted molar refractivity (Wildman–Crippen MR) is 42.3 cm³/mol. The van der Waals surface area contributed by atoms with E-state index < -0.39 is 6.30 Å². The Labute approximate surface area is 112 Å². The third-order valence-electron chi connectivity index (χ3n) is 1.86. The fourth-order valence-corrected chi connectivity index (χ4v) is 1.06. The van der Waals surface area contributed by atoms with Gasteiger partial charge in [0.2, 0.25) is 0 Å². The Bertz CT molecular complexity index is 131. The van der Waals surface area contributed by atoms with Crippen LogP contribution in [0.5, 0.6) is 0 Å². The summed E-state index contributed by atoms with van der Waals surface area (Å²) in [6.07, 6.45) is -4.14. The number of hydrogen-bond acceptors (Lipinski definition) is 2. The summed E-state index contributed by atoms with van der Waals surface area (Å²) in [5.41, 5.74) is 0. The summed E-state index contributed by atoms with van der Waals surface area (Å²) in [4.78, 5) is 2.44. The van der Waals surface area contributed by atoms with E-state index in [9.17, 15) is 13.2 Å². The standard InChI is InChI=1S/C6H11F3N2.K.H/c1-10-2-4-11(5-3-10)6(7,8)9;;/h2-5H2,1H3;;. The van der Waals surface area contributed by atoms with Crippen LogP contribution in [-0.2, 0) is 0 Å². The Kier molecular flexibility index (Phi) is 5.88. The Morgan fingerprint density at radius 1 is 1.00 bits per heavy atom. The van der Waals surface area contributed by atoms with Gasteiger partial charge < -0.3 is 4.90 Å². The average Bonchev–Trinajstić information content (AvgIpc) is 1.86. The normalized spacial score (nSPS) is 22.0. The topological polar surface area (TPSA) is 6.48 Å². The van der Waals surface area contributed by atoms with E-state index in [-0.39, 0.29) is 64.5 Å². The maximum absolute atomic E-state index is 12.0. The summed E-state index contributed by atoms with van der Waals surface area (Å²) < 4.78 is 35.9. The number of likely N-dealkylation sites (N-methyl/N-ethyl adjacent to an activating group) is 1. The molecule has 12 heavy (non-hydrogen) atoms. The van der Waals surface area contributed by atoms with Gasteiger partial charge >= 0.3 is 57.7 Å². The molecule has 0 saturated carbocycles. The number of alkyl halides is 3. The molecule has 0 atom stereocenters. The van der Waals surface area contributed by atoms with Gasteiger partial charge in [0.25, 0.3) is 0 Å². The van der Waals surface area contributed by atoms with Crippen molar-refractivity contribution in [1.29, 1.82) is 0 Å². The first-order chi connectivity index (χ1) is 5.00. The molecule has 2 nitrogen and oxygen atoms in total. The van der Waals surface area contributed by atoms with Crippen LogP contribution < -0.4 is 0 Å². The zero-order chi connectivity index (χ0) is 8.48. The van der Waals surface area contributed by atoms with E-state index in [4.69, 9.17) is 0 Å². The quantitative estimate of drug-likeness (QED) is 0.412. The van der Waals surface area contributed by atoms with Crippen LogP contribution in [0, 0.1) is 0 Å². The molecule has 0 aromatic carbocycles. The number of hydrogen-bond donors (Lipinski definition) is 0. The van der Waals surface area contributed by atoms with Gasteiger partial charge in [-0.3, -0.25) is 0 Å². The summed E-state index contributed by atoms with van der Waals surface area (Å²) in [6.45, 7) is 1.19. The molecule has 0 bridgehead atoms. The monoisotopic (exact) mass is 208 g/mol. The first-order valence-corrected chi connectivity index (χ1v) is 3.50. The average molecular weight is 208 g/mol. The van der Waals surface area contributed by atoms with Crippen LogP contribution in [-0.4, -0.2) is 101 Å². The van der Waals surface area contributed by atoms with Gasteiger partial charge in [-0.05, 0) is 7.05 Å². The van der Waals surface area contributed by atoms with Crippen molar-refractivity contribution in [2.45, 2.75) is 6.30 Å². The molecule has 1 fully saturated rings. The molecule has 0 amide bonds. The van der Waals surface area contributed by atoms with Crippen LogP contribution in [0.4, 0.5) is 13.2 Å². The number of rotatable bonds is 0. The molecule has 0 aliphatic carbocycles. The second-order valence-electron chi connectivity index (χ2n) is 2.76. The molecule has 0 unspecified atom stereocenters. The molecule has 0 N–H and O–H groups in total. The van der Waals surface area contributed by atoms with Gasteiger partial charge in [-0.15, -0.1) is 0 Å². The molecule has 1 saturated heterocycles. The van der Waals surface area contributed by atoms with E-state index in [0.29, 0.717) is 18.0 Å². The van der Waals surface area contributed by atoms with Crippen LogP contribution >= 0.6 is 0 Å². The number of nitrogens with zero attached hydrogens (tertiary/aromatic N) is 2. The molecule has 0 spiro atoms. The van der Waals surface area contributed by atoms with Gasteiger partial charge in [0.15, 0.2) is 0 Å². The molecule has 0 radical (unpaired) electrons. The van der Waals surface area contributed by atoms with Gasteiger partial charge in [-0.2, -0.15) is 13.2 Å². The third kappa shape index (κ3) is 4.04. The zero-order valence-electron chi connectivity index (χ0n) is 6.36. The van der Waals surface area contributed by atoms with Crippen molar-refractivity contribution in [3.8, 4) is 0 Å². The van der Waals surface area contributed by atoms with Crippen molar-refractivity contribution in [3.63, 3.8) is 0 Å². The minimum atomic E-state index is -4.14. The SMILES string of the molecule is CN1CCN(C(F)(F)F)CC1.[KH]. The molecule has 0 aromatic heterocycles. The minimum absolute atomic E-state index is 0. The number of halogens is 3. The van der Waals surface area contributed by atoms with E-state index in [1.165, 1.54) is 0 Å². The van der Waals surface area contributed by atoms with Gasteiger partial charge in [-0.1, -0.05) is 0 Å². The van der Waals surface area contributed by atoms with Crippen LogP contribution in [0.15, 0.2) is 0 Å². The van der Waals surface area contributed by atoms with Crippen molar-refractivity contribution >= 4 is 51.4 Å². The van der Waals surface area contributed by atoms with Gasteiger partial charge in [0, 0.05) is 26.2 Å². The molecule has 6 heteroatoms. The molecule has 68 valence electrons. The first kappa shape index (κ1) is 13.3. The molecule has 1 rings (SSSR count). The summed E-state index contributed by atoms with van der Waals surface area (Å²) in [6, 6.07) is 0. The fourth-order valence-electron chi connectivity index (χ4n) is 1.06. The molecule has 1 heterocycles. The summed E-state index contributed by atoms with van der Waals surface area (Å²) in [5.74, 6) is 0. The fraction of sp³-hybridized carbons (Fsp3) is 1.00. The number of piperazine rings is 1. The Morgan fingerprint density at radius 3 is 1.75 bits per heavy atom. The Balaban J connectivity index is 0.00000121. The van der Waals surface area contributed by atoms with Gasteiger partial charge in [0.1, 0.15) is 0 Å². The van der Waals surface area contributed by atoms with Crippen molar-refractivity contribution in [3.05, 3.63) is 0 Å². The van der Waals surface area contributed by atoms with Crippen LogP contribution in [0.25, 0.3) is 0 Å². The van der Waals surface area contributed by atoms with E-state index in [2.05, 4.69) is 0 Å². The third-order valence-corrected chi connectivity index (χ3v) is 1.86. The van der Waals surface area contributed by atoms with Crippen molar-refractivity contribution in [1.82, 2.24) is 9.80 Å². The second kappa shape index (κ2) is 5.28. The Morgan fingerprint density at radius 2 is 1.42 bits per heavy atom. The van der Waals surface area contributed by atoms with Crippen molar-refractivity contribution < 1.29 is 13.2 Å². The summed E-state index contributed by atoms with van der Waals surface area (Å²) in [7, 11) is 1.83. The molecule has 0 aromatic rings. The van der Waals surface area contributed by atoms with Crippen LogP contribution in [0.2, 0.25) is 0 Å². The molecule has 1 aliphatic rings. The van der Waals surface area contributed by atoms with Gasteiger partial charge in [-0.25, -0.2) is 4.90 Å². The van der Waals surface area contributed by atoms with Crippen LogP contribution in [0.3, 0.4) is 0 Å². The summed E-state index contributed by atoms with van der Waals surface area (Å²) in [5, 5.41) is 0. The first-order valence-electron chi connectivity index (χ1n) is 3.50. The van der Waals surface area contributed by atoms with Crippen molar-refractivity contribution in [2.24, 2.45) is 0 Å². The molecular weight excluding hydrogens is 196 g/mol. The van der Waals surface area contributed by atoms with E-state index >= 15 is 0 Å². The molecular formula is C6H12F3KN2. The Hall–Kier alpha value is 1.35. The van der Waals surface area contributed by atoms with E-state index in [0.717, 1.165) is 0 Å². The van der Waals surface area contributed by atoms with Gasteiger partial charge in [0.05, 0.1) is 0 Å². The maximum atomic E-state index is 12.0.